The van der Waals surface area contributed by atoms with Crippen molar-refractivity contribution in [3.8, 4) is 0 Å². The van der Waals surface area contributed by atoms with Gasteiger partial charge in [-0.2, -0.15) is 0 Å². The van der Waals surface area contributed by atoms with Gasteiger partial charge in [-0.1, -0.05) is 20.8 Å². The van der Waals surface area contributed by atoms with E-state index in [1.165, 1.54) is 6.42 Å². The van der Waals surface area contributed by atoms with Crippen molar-refractivity contribution < 1.29 is 9.21 Å². The number of rotatable bonds is 7. The van der Waals surface area contributed by atoms with Crippen molar-refractivity contribution in [1.82, 2.24) is 20.2 Å². The summed E-state index contributed by atoms with van der Waals surface area (Å²) in [7, 11) is 0. The van der Waals surface area contributed by atoms with Crippen LogP contribution in [0.1, 0.15) is 50.5 Å². The Morgan fingerprint density at radius 1 is 1.38 bits per heavy atom. The van der Waals surface area contributed by atoms with Gasteiger partial charge >= 0.3 is 6.03 Å². The average molecular weight is 330 g/mol. The molecule has 0 aromatic carbocycles. The van der Waals surface area contributed by atoms with Crippen molar-refractivity contribution >= 4 is 6.03 Å². The van der Waals surface area contributed by atoms with Gasteiger partial charge in [0.1, 0.15) is 17.3 Å². The fourth-order valence-corrected chi connectivity index (χ4v) is 2.86. The lowest BCUT2D eigenvalue weighted by Crippen LogP contribution is -2.35. The zero-order valence-corrected chi connectivity index (χ0v) is 14.6. The third-order valence-electron chi connectivity index (χ3n) is 4.35. The van der Waals surface area contributed by atoms with Crippen LogP contribution in [-0.2, 0) is 19.6 Å². The first-order chi connectivity index (χ1) is 11.5. The predicted molar refractivity (Wildman–Crippen MR) is 91.4 cm³/mol. The smallest absolute Gasteiger partial charge is 0.315 e. The summed E-state index contributed by atoms with van der Waals surface area (Å²) in [5.74, 6) is 4.51. The van der Waals surface area contributed by atoms with E-state index >= 15 is 0 Å². The summed E-state index contributed by atoms with van der Waals surface area (Å²) in [5.41, 5.74) is 0. The lowest BCUT2D eigenvalue weighted by Gasteiger charge is -2.11. The highest BCUT2D eigenvalue weighted by atomic mass is 16.3. The lowest BCUT2D eigenvalue weighted by atomic mass is 10.2. The molecule has 0 bridgehead atoms. The molecule has 6 nitrogen and oxygen atoms in total. The molecule has 6 heteroatoms. The SMILES string of the molecule is CC(C)Cn1ccnc1CNC(=O)NCc1ccc(C2CC2C)o1. The van der Waals surface area contributed by atoms with Gasteiger partial charge in [-0.05, 0) is 30.4 Å². The molecular formula is C18H26N4O2. The minimum atomic E-state index is -0.216. The number of carbonyl (C=O) groups is 1. The first kappa shape index (κ1) is 16.6. The topological polar surface area (TPSA) is 72.1 Å². The summed E-state index contributed by atoms with van der Waals surface area (Å²) in [5, 5.41) is 5.67. The number of hydrogen-bond acceptors (Lipinski definition) is 3. The van der Waals surface area contributed by atoms with Crippen molar-refractivity contribution in [2.75, 3.05) is 0 Å². The van der Waals surface area contributed by atoms with Crippen LogP contribution in [0.2, 0.25) is 0 Å². The molecule has 1 saturated carbocycles. The van der Waals surface area contributed by atoms with Gasteiger partial charge in [0.25, 0.3) is 0 Å². The van der Waals surface area contributed by atoms with E-state index in [9.17, 15) is 4.79 Å². The maximum absolute atomic E-state index is 11.9. The second-order valence-electron chi connectivity index (χ2n) is 7.05. The van der Waals surface area contributed by atoms with Crippen LogP contribution in [0, 0.1) is 11.8 Å². The highest BCUT2D eigenvalue weighted by molar-refractivity contribution is 5.73. The number of aromatic nitrogens is 2. The van der Waals surface area contributed by atoms with Crippen LogP contribution >= 0.6 is 0 Å². The van der Waals surface area contributed by atoms with E-state index in [1.807, 2.05) is 18.3 Å². The summed E-state index contributed by atoms with van der Waals surface area (Å²) in [6.07, 6.45) is 4.91. The molecule has 2 unspecified atom stereocenters. The van der Waals surface area contributed by atoms with Crippen LogP contribution in [0.25, 0.3) is 0 Å². The third-order valence-corrected chi connectivity index (χ3v) is 4.35. The molecule has 1 aliphatic rings. The van der Waals surface area contributed by atoms with E-state index in [-0.39, 0.29) is 6.03 Å². The van der Waals surface area contributed by atoms with E-state index < -0.39 is 0 Å². The van der Waals surface area contributed by atoms with E-state index in [0.29, 0.717) is 24.9 Å². The summed E-state index contributed by atoms with van der Waals surface area (Å²) in [6, 6.07) is 3.74. The van der Waals surface area contributed by atoms with E-state index in [4.69, 9.17) is 4.42 Å². The van der Waals surface area contributed by atoms with Gasteiger partial charge in [-0.15, -0.1) is 0 Å². The van der Waals surface area contributed by atoms with Crippen molar-refractivity contribution in [3.05, 3.63) is 41.9 Å². The lowest BCUT2D eigenvalue weighted by molar-refractivity contribution is 0.238. The van der Waals surface area contributed by atoms with Gasteiger partial charge in [0, 0.05) is 24.9 Å². The van der Waals surface area contributed by atoms with Gasteiger partial charge in [0.15, 0.2) is 0 Å². The number of hydrogen-bond donors (Lipinski definition) is 2. The predicted octanol–water partition coefficient (Wildman–Crippen LogP) is 3.25. The largest absolute Gasteiger partial charge is 0.464 e. The summed E-state index contributed by atoms with van der Waals surface area (Å²) >= 11 is 0. The Labute approximate surface area is 142 Å². The van der Waals surface area contributed by atoms with E-state index in [2.05, 4.69) is 41.0 Å². The molecule has 24 heavy (non-hydrogen) atoms. The van der Waals surface area contributed by atoms with Crippen LogP contribution in [-0.4, -0.2) is 15.6 Å². The molecule has 0 radical (unpaired) electrons. The second-order valence-corrected chi connectivity index (χ2v) is 7.05. The number of urea groups is 1. The molecule has 0 aliphatic heterocycles. The Hall–Kier alpha value is -2.24. The van der Waals surface area contributed by atoms with Crippen molar-refractivity contribution in [2.45, 2.75) is 52.7 Å². The summed E-state index contributed by atoms with van der Waals surface area (Å²) < 4.78 is 7.85. The highest BCUT2D eigenvalue weighted by Crippen LogP contribution is 2.47. The number of amides is 2. The van der Waals surface area contributed by atoms with Gasteiger partial charge < -0.3 is 19.6 Å². The van der Waals surface area contributed by atoms with Gasteiger partial charge in [0.05, 0.1) is 13.1 Å². The van der Waals surface area contributed by atoms with Gasteiger partial charge in [0.2, 0.25) is 0 Å². The minimum Gasteiger partial charge on any atom is -0.464 e. The first-order valence-electron chi connectivity index (χ1n) is 8.63. The van der Waals surface area contributed by atoms with E-state index in [1.54, 1.807) is 6.20 Å². The minimum absolute atomic E-state index is 0.216. The van der Waals surface area contributed by atoms with Crippen LogP contribution in [0.4, 0.5) is 4.79 Å². The van der Waals surface area contributed by atoms with Crippen molar-refractivity contribution in [1.29, 1.82) is 0 Å². The Kier molecular flexibility index (Phi) is 4.92. The molecule has 1 aliphatic carbocycles. The summed E-state index contributed by atoms with van der Waals surface area (Å²) in [4.78, 5) is 16.2. The van der Waals surface area contributed by atoms with Crippen LogP contribution in [0.3, 0.4) is 0 Å². The van der Waals surface area contributed by atoms with Crippen LogP contribution < -0.4 is 10.6 Å². The molecule has 0 spiro atoms. The maximum Gasteiger partial charge on any atom is 0.315 e. The second kappa shape index (κ2) is 7.11. The fraction of sp³-hybridized carbons (Fsp3) is 0.556. The molecular weight excluding hydrogens is 304 g/mol. The molecule has 2 amide bonds. The first-order valence-corrected chi connectivity index (χ1v) is 8.63. The zero-order valence-electron chi connectivity index (χ0n) is 14.6. The maximum atomic E-state index is 11.9. The highest BCUT2D eigenvalue weighted by Gasteiger charge is 2.36. The molecule has 0 saturated heterocycles. The zero-order chi connectivity index (χ0) is 17.1. The van der Waals surface area contributed by atoms with Gasteiger partial charge in [-0.25, -0.2) is 9.78 Å². The molecule has 2 aromatic rings. The quantitative estimate of drug-likeness (QED) is 0.818. The van der Waals surface area contributed by atoms with Gasteiger partial charge in [-0.3, -0.25) is 0 Å². The Morgan fingerprint density at radius 2 is 2.12 bits per heavy atom. The molecule has 1 fully saturated rings. The number of carbonyl (C=O) groups excluding carboxylic acids is 1. The standard InChI is InChI=1S/C18H26N4O2/c1-12(2)11-22-7-6-19-17(22)10-21-18(23)20-9-14-4-5-16(24-14)15-8-13(15)3/h4-7,12-13,15H,8-11H2,1-3H3,(H2,20,21,23). The third kappa shape index (κ3) is 4.19. The molecule has 2 heterocycles. The average Bonchev–Trinajstić information content (AvgIpc) is 2.94. The van der Waals surface area contributed by atoms with Crippen molar-refractivity contribution in [3.63, 3.8) is 0 Å². The van der Waals surface area contributed by atoms with Crippen molar-refractivity contribution in [2.24, 2.45) is 11.8 Å². The van der Waals surface area contributed by atoms with Crippen LogP contribution in [0.15, 0.2) is 28.9 Å². The number of nitrogens with one attached hydrogen (secondary N) is 2. The Bertz CT molecular complexity index is 689. The molecule has 130 valence electrons. The number of nitrogens with zero attached hydrogens (tertiary/aromatic N) is 2. The van der Waals surface area contributed by atoms with Crippen LogP contribution in [0.5, 0.6) is 0 Å². The molecule has 2 atom stereocenters. The Balaban J connectivity index is 1.43. The molecule has 2 N–H and O–H groups in total. The monoisotopic (exact) mass is 330 g/mol. The summed E-state index contributed by atoms with van der Waals surface area (Å²) in [6.45, 7) is 8.24. The molecule has 2 aromatic heterocycles. The Morgan fingerprint density at radius 3 is 2.83 bits per heavy atom. The fourth-order valence-electron chi connectivity index (χ4n) is 2.86. The molecule has 3 rings (SSSR count). The number of imidazole rings is 1. The normalized spacial score (nSPS) is 19.5. The number of furan rings is 1. The van der Waals surface area contributed by atoms with E-state index in [0.717, 1.165) is 29.8 Å².